The average molecular weight is 333 g/mol. The lowest BCUT2D eigenvalue weighted by atomic mass is 10.2. The molecule has 3 rings (SSSR count). The van der Waals surface area contributed by atoms with Gasteiger partial charge in [-0.2, -0.15) is 4.98 Å². The van der Waals surface area contributed by atoms with E-state index in [0.29, 0.717) is 12.5 Å². The van der Waals surface area contributed by atoms with Gasteiger partial charge in [0.1, 0.15) is 5.82 Å². The van der Waals surface area contributed by atoms with Gasteiger partial charge < -0.3 is 9.80 Å². The van der Waals surface area contributed by atoms with Gasteiger partial charge in [0, 0.05) is 53.0 Å². The summed E-state index contributed by atoms with van der Waals surface area (Å²) in [6.45, 7) is 4.00. The predicted octanol–water partition coefficient (Wildman–Crippen LogP) is 2.14. The molecule has 7 heteroatoms. The summed E-state index contributed by atoms with van der Waals surface area (Å²) in [5, 5.41) is 0. The molecule has 128 valence electrons. The molecule has 1 aromatic carbocycles. The van der Waals surface area contributed by atoms with Gasteiger partial charge in [-0.25, -0.2) is 13.8 Å². The van der Waals surface area contributed by atoms with Gasteiger partial charge >= 0.3 is 0 Å². The molecule has 0 N–H and O–H groups in total. The molecule has 0 unspecified atom stereocenters. The fourth-order valence-corrected chi connectivity index (χ4v) is 2.76. The van der Waals surface area contributed by atoms with E-state index in [9.17, 15) is 8.78 Å². The van der Waals surface area contributed by atoms with E-state index in [1.165, 1.54) is 12.1 Å². The highest BCUT2D eigenvalue weighted by atomic mass is 19.2. The van der Waals surface area contributed by atoms with E-state index in [-0.39, 0.29) is 0 Å². The van der Waals surface area contributed by atoms with Crippen molar-refractivity contribution in [3.63, 3.8) is 0 Å². The summed E-state index contributed by atoms with van der Waals surface area (Å²) in [5.41, 5.74) is 0.791. The first-order chi connectivity index (χ1) is 11.5. The van der Waals surface area contributed by atoms with Crippen molar-refractivity contribution in [3.8, 4) is 0 Å². The molecule has 0 atom stereocenters. The zero-order chi connectivity index (χ0) is 17.1. The first-order valence-corrected chi connectivity index (χ1v) is 7.94. The van der Waals surface area contributed by atoms with Crippen molar-refractivity contribution >= 4 is 11.8 Å². The van der Waals surface area contributed by atoms with Crippen LogP contribution in [-0.2, 0) is 6.54 Å². The van der Waals surface area contributed by atoms with Gasteiger partial charge in [-0.1, -0.05) is 6.07 Å². The van der Waals surface area contributed by atoms with Crippen LogP contribution < -0.4 is 9.80 Å². The molecule has 5 nitrogen and oxygen atoms in total. The Bertz CT molecular complexity index is 699. The van der Waals surface area contributed by atoms with Crippen LogP contribution in [0, 0.1) is 11.6 Å². The van der Waals surface area contributed by atoms with Gasteiger partial charge in [-0.3, -0.25) is 4.90 Å². The number of hydrogen-bond donors (Lipinski definition) is 0. The lowest BCUT2D eigenvalue weighted by molar-refractivity contribution is 0.249. The molecule has 0 bridgehead atoms. The smallest absolute Gasteiger partial charge is 0.226 e. The Balaban J connectivity index is 1.59. The van der Waals surface area contributed by atoms with E-state index in [1.54, 1.807) is 12.3 Å². The summed E-state index contributed by atoms with van der Waals surface area (Å²) < 4.78 is 26.3. The van der Waals surface area contributed by atoms with E-state index in [2.05, 4.69) is 19.8 Å². The van der Waals surface area contributed by atoms with Crippen LogP contribution in [0.4, 0.5) is 20.5 Å². The van der Waals surface area contributed by atoms with Crippen LogP contribution in [0.5, 0.6) is 0 Å². The average Bonchev–Trinajstić information content (AvgIpc) is 2.59. The highest BCUT2D eigenvalue weighted by molar-refractivity contribution is 5.43. The van der Waals surface area contributed by atoms with Gasteiger partial charge in [-0.15, -0.1) is 0 Å². The largest absolute Gasteiger partial charge is 0.354 e. The normalized spacial score (nSPS) is 15.6. The standard InChI is InChI=1S/C17H21F2N5/c1-22(2)17-20-6-5-16(21-17)24-9-7-23(8-10-24)12-13-3-4-14(18)15(19)11-13/h3-6,11H,7-10,12H2,1-2H3. The molecule has 1 saturated heterocycles. The number of nitrogens with zero attached hydrogens (tertiary/aromatic N) is 5. The molecule has 2 heterocycles. The highest BCUT2D eigenvalue weighted by Crippen LogP contribution is 2.17. The molecule has 0 radical (unpaired) electrons. The third-order valence-electron chi connectivity index (χ3n) is 4.11. The maximum atomic E-state index is 13.3. The van der Waals surface area contributed by atoms with E-state index in [0.717, 1.165) is 37.6 Å². The topological polar surface area (TPSA) is 35.5 Å². The van der Waals surface area contributed by atoms with E-state index in [1.807, 2.05) is 25.1 Å². The molecule has 0 aliphatic carbocycles. The molecular weight excluding hydrogens is 312 g/mol. The number of piperazine rings is 1. The molecule has 24 heavy (non-hydrogen) atoms. The molecule has 0 saturated carbocycles. The zero-order valence-electron chi connectivity index (χ0n) is 13.9. The molecule has 0 amide bonds. The summed E-state index contributed by atoms with van der Waals surface area (Å²) >= 11 is 0. The molecule has 2 aromatic rings. The summed E-state index contributed by atoms with van der Waals surface area (Å²) in [6, 6.07) is 6.01. The summed E-state index contributed by atoms with van der Waals surface area (Å²) in [7, 11) is 3.83. The van der Waals surface area contributed by atoms with Gasteiger partial charge in [0.15, 0.2) is 11.6 Å². The van der Waals surface area contributed by atoms with Gasteiger partial charge in [0.05, 0.1) is 0 Å². The SMILES string of the molecule is CN(C)c1nccc(N2CCN(Cc3ccc(F)c(F)c3)CC2)n1. The summed E-state index contributed by atoms with van der Waals surface area (Å²) in [6.07, 6.45) is 1.77. The van der Waals surface area contributed by atoms with Crippen molar-refractivity contribution in [2.24, 2.45) is 0 Å². The van der Waals surface area contributed by atoms with Crippen molar-refractivity contribution in [2.75, 3.05) is 50.1 Å². The lowest BCUT2D eigenvalue weighted by Gasteiger charge is -2.35. The number of benzene rings is 1. The monoisotopic (exact) mass is 333 g/mol. The number of rotatable bonds is 4. The fourth-order valence-electron chi connectivity index (χ4n) is 2.76. The minimum atomic E-state index is -0.802. The Morgan fingerprint density at radius 2 is 1.79 bits per heavy atom. The molecule has 1 aliphatic heterocycles. The van der Waals surface area contributed by atoms with Crippen molar-refractivity contribution < 1.29 is 8.78 Å². The van der Waals surface area contributed by atoms with Crippen molar-refractivity contribution in [2.45, 2.75) is 6.54 Å². The second-order valence-electron chi connectivity index (χ2n) is 6.12. The van der Waals surface area contributed by atoms with Gasteiger partial charge in [0.2, 0.25) is 5.95 Å². The minimum Gasteiger partial charge on any atom is -0.354 e. The maximum Gasteiger partial charge on any atom is 0.226 e. The minimum absolute atomic E-state index is 0.623. The third-order valence-corrected chi connectivity index (χ3v) is 4.11. The number of anilines is 2. The molecule has 1 aromatic heterocycles. The third kappa shape index (κ3) is 3.79. The van der Waals surface area contributed by atoms with Crippen LogP contribution in [0.1, 0.15) is 5.56 Å². The van der Waals surface area contributed by atoms with Crippen LogP contribution in [0.25, 0.3) is 0 Å². The summed E-state index contributed by atoms with van der Waals surface area (Å²) in [4.78, 5) is 15.1. The van der Waals surface area contributed by atoms with Crippen LogP contribution in [0.2, 0.25) is 0 Å². The highest BCUT2D eigenvalue weighted by Gasteiger charge is 2.19. The first-order valence-electron chi connectivity index (χ1n) is 7.94. The molecule has 0 spiro atoms. The van der Waals surface area contributed by atoms with Crippen LogP contribution >= 0.6 is 0 Å². The fraction of sp³-hybridized carbons (Fsp3) is 0.412. The number of hydrogen-bond acceptors (Lipinski definition) is 5. The van der Waals surface area contributed by atoms with Gasteiger partial charge in [0.25, 0.3) is 0 Å². The maximum absolute atomic E-state index is 13.3. The van der Waals surface area contributed by atoms with Crippen LogP contribution in [0.15, 0.2) is 30.5 Å². The predicted molar refractivity (Wildman–Crippen MR) is 90.2 cm³/mol. The van der Waals surface area contributed by atoms with E-state index in [4.69, 9.17) is 0 Å². The number of halogens is 2. The second kappa shape index (κ2) is 7.09. The van der Waals surface area contributed by atoms with E-state index >= 15 is 0 Å². The molecule has 1 aliphatic rings. The lowest BCUT2D eigenvalue weighted by Crippen LogP contribution is -2.46. The summed E-state index contributed by atoms with van der Waals surface area (Å²) in [5.74, 6) is 0.0188. The molecular formula is C17H21F2N5. The van der Waals surface area contributed by atoms with E-state index < -0.39 is 11.6 Å². The van der Waals surface area contributed by atoms with Gasteiger partial charge in [-0.05, 0) is 23.8 Å². The first kappa shape index (κ1) is 16.6. The Hall–Kier alpha value is -2.28. The Morgan fingerprint density at radius 1 is 1.04 bits per heavy atom. The Kier molecular flexibility index (Phi) is 4.89. The van der Waals surface area contributed by atoms with Crippen molar-refractivity contribution in [1.82, 2.24) is 14.9 Å². The quantitative estimate of drug-likeness (QED) is 0.857. The zero-order valence-corrected chi connectivity index (χ0v) is 13.9. The Morgan fingerprint density at radius 3 is 2.46 bits per heavy atom. The van der Waals surface area contributed by atoms with Crippen molar-refractivity contribution in [1.29, 1.82) is 0 Å². The van der Waals surface area contributed by atoms with Crippen LogP contribution in [0.3, 0.4) is 0 Å². The Labute approximate surface area is 140 Å². The number of aromatic nitrogens is 2. The second-order valence-corrected chi connectivity index (χ2v) is 6.12. The van der Waals surface area contributed by atoms with Crippen molar-refractivity contribution in [3.05, 3.63) is 47.7 Å². The molecule has 1 fully saturated rings. The van der Waals surface area contributed by atoms with Crippen LogP contribution in [-0.4, -0.2) is 55.1 Å².